The molecule has 0 spiro atoms. The van der Waals surface area contributed by atoms with Crippen molar-refractivity contribution in [3.8, 4) is 0 Å². The van der Waals surface area contributed by atoms with Gasteiger partial charge in [0.25, 0.3) is 0 Å². The van der Waals surface area contributed by atoms with Gasteiger partial charge < -0.3 is 5.32 Å². The molecule has 1 heterocycles. The zero-order valence-electron chi connectivity index (χ0n) is 17.9. The largest absolute Gasteiger partial charge is 0.325 e. The van der Waals surface area contributed by atoms with Gasteiger partial charge in [0.2, 0.25) is 15.9 Å². The minimum Gasteiger partial charge on any atom is -0.325 e. The number of pyridine rings is 1. The van der Waals surface area contributed by atoms with Gasteiger partial charge in [0.1, 0.15) is 4.90 Å². The van der Waals surface area contributed by atoms with Gasteiger partial charge in [0, 0.05) is 29.6 Å². The smallest absolute Gasteiger partial charge is 0.245 e. The quantitative estimate of drug-likeness (QED) is 0.455. The number of anilines is 1. The van der Waals surface area contributed by atoms with Crippen LogP contribution >= 0.6 is 11.6 Å². The molecule has 0 radical (unpaired) electrons. The van der Waals surface area contributed by atoms with Crippen molar-refractivity contribution in [3.05, 3.63) is 89.2 Å². The summed E-state index contributed by atoms with van der Waals surface area (Å²) in [6.45, 7) is 1.83. The number of carbonyl (C=O) groups excluding carboxylic acids is 1. The van der Waals surface area contributed by atoms with E-state index < -0.39 is 15.9 Å². The number of carbonyl (C=O) groups is 1. The first-order chi connectivity index (χ1) is 15.4. The highest BCUT2D eigenvalue weighted by Crippen LogP contribution is 2.19. The number of hydrogen-bond donors (Lipinski definition) is 1. The van der Waals surface area contributed by atoms with Crippen molar-refractivity contribution in [1.29, 1.82) is 0 Å². The second kappa shape index (κ2) is 11.2. The van der Waals surface area contributed by atoms with Crippen LogP contribution in [0.2, 0.25) is 5.02 Å². The van der Waals surface area contributed by atoms with Gasteiger partial charge in [-0.3, -0.25) is 9.78 Å². The van der Waals surface area contributed by atoms with E-state index in [1.54, 1.807) is 30.3 Å². The lowest BCUT2D eigenvalue weighted by Gasteiger charge is -2.22. The molecule has 3 rings (SSSR count). The molecule has 32 heavy (non-hydrogen) atoms. The fraction of sp³-hybridized carbons (Fsp3) is 0.250. The molecule has 0 unspecified atom stereocenters. The van der Waals surface area contributed by atoms with E-state index in [9.17, 15) is 13.2 Å². The molecule has 8 heteroatoms. The zero-order valence-corrected chi connectivity index (χ0v) is 19.4. The Labute approximate surface area is 194 Å². The Bertz CT molecular complexity index is 1120. The molecule has 0 saturated carbocycles. The van der Waals surface area contributed by atoms with E-state index in [0.29, 0.717) is 10.7 Å². The predicted molar refractivity (Wildman–Crippen MR) is 127 cm³/mol. The first-order valence-electron chi connectivity index (χ1n) is 10.4. The Morgan fingerprint density at radius 3 is 2.34 bits per heavy atom. The summed E-state index contributed by atoms with van der Waals surface area (Å²) in [5.74, 6) is -0.423. The molecule has 2 aromatic carbocycles. The van der Waals surface area contributed by atoms with Crippen LogP contribution in [0.15, 0.2) is 78.0 Å². The number of nitrogens with one attached hydrogen (secondary N) is 1. The van der Waals surface area contributed by atoms with Gasteiger partial charge in [-0.15, -0.1) is 0 Å². The predicted octanol–water partition coefficient (Wildman–Crippen LogP) is 4.91. The topological polar surface area (TPSA) is 79.4 Å². The van der Waals surface area contributed by atoms with Gasteiger partial charge in [-0.25, -0.2) is 8.42 Å². The summed E-state index contributed by atoms with van der Waals surface area (Å²) in [6, 6.07) is 17.5. The van der Waals surface area contributed by atoms with Gasteiger partial charge in [0.05, 0.1) is 6.54 Å². The summed E-state index contributed by atoms with van der Waals surface area (Å²) in [4.78, 5) is 16.7. The summed E-state index contributed by atoms with van der Waals surface area (Å²) < 4.78 is 27.6. The van der Waals surface area contributed by atoms with Crippen molar-refractivity contribution in [2.75, 3.05) is 11.9 Å². The molecule has 0 aliphatic carbocycles. The maximum Gasteiger partial charge on any atom is 0.245 e. The normalized spacial score (nSPS) is 11.5. The third-order valence-corrected chi connectivity index (χ3v) is 6.95. The van der Waals surface area contributed by atoms with E-state index in [2.05, 4.69) is 17.2 Å². The number of benzene rings is 2. The number of nitrogens with zero attached hydrogens (tertiary/aromatic N) is 2. The minimum atomic E-state index is -3.94. The average Bonchev–Trinajstić information content (AvgIpc) is 2.80. The van der Waals surface area contributed by atoms with Crippen LogP contribution in [0.25, 0.3) is 0 Å². The van der Waals surface area contributed by atoms with Gasteiger partial charge >= 0.3 is 0 Å². The number of halogens is 1. The lowest BCUT2D eigenvalue weighted by Crippen LogP contribution is -2.37. The number of hydrogen-bond acceptors (Lipinski definition) is 4. The van der Waals surface area contributed by atoms with Crippen LogP contribution in [0.5, 0.6) is 0 Å². The monoisotopic (exact) mass is 471 g/mol. The molecule has 168 valence electrons. The molecule has 0 aliphatic rings. The molecule has 0 atom stereocenters. The summed E-state index contributed by atoms with van der Waals surface area (Å²) in [7, 11) is -3.94. The number of aromatic nitrogens is 1. The second-order valence-electron chi connectivity index (χ2n) is 7.44. The van der Waals surface area contributed by atoms with E-state index in [1.165, 1.54) is 24.0 Å². The van der Waals surface area contributed by atoms with Crippen LogP contribution in [0.4, 0.5) is 5.69 Å². The first-order valence-corrected chi connectivity index (χ1v) is 12.2. The van der Waals surface area contributed by atoms with Crippen LogP contribution in [-0.2, 0) is 27.8 Å². The molecule has 0 aliphatic heterocycles. The zero-order chi connectivity index (χ0) is 23.0. The summed E-state index contributed by atoms with van der Waals surface area (Å²) >= 11 is 5.94. The van der Waals surface area contributed by atoms with Gasteiger partial charge in [0.15, 0.2) is 0 Å². The van der Waals surface area contributed by atoms with Crippen molar-refractivity contribution in [2.45, 2.75) is 37.6 Å². The van der Waals surface area contributed by atoms with E-state index in [-0.39, 0.29) is 18.0 Å². The first kappa shape index (κ1) is 23.9. The molecule has 1 N–H and O–H groups in total. The molecule has 0 fully saturated rings. The maximum atomic E-state index is 13.2. The van der Waals surface area contributed by atoms with Crippen LogP contribution < -0.4 is 5.32 Å². The fourth-order valence-corrected chi connectivity index (χ4v) is 4.64. The van der Waals surface area contributed by atoms with Gasteiger partial charge in [-0.1, -0.05) is 49.2 Å². The highest BCUT2D eigenvalue weighted by Gasteiger charge is 2.27. The second-order valence-corrected chi connectivity index (χ2v) is 9.81. The van der Waals surface area contributed by atoms with E-state index in [0.717, 1.165) is 29.1 Å². The summed E-state index contributed by atoms with van der Waals surface area (Å²) in [6.07, 6.45) is 5.99. The van der Waals surface area contributed by atoms with E-state index in [4.69, 9.17) is 11.6 Å². The standard InChI is InChI=1S/C24H26ClN3O3S/c1-2-3-5-19-9-13-22(14-10-19)27-24(29)18-28(17-20-7-11-21(25)12-8-20)32(30,31)23-6-4-15-26-16-23/h4,6-16H,2-3,5,17-18H2,1H3,(H,27,29). The lowest BCUT2D eigenvalue weighted by molar-refractivity contribution is -0.116. The molecule has 1 aromatic heterocycles. The van der Waals surface area contributed by atoms with Crippen molar-refractivity contribution < 1.29 is 13.2 Å². The summed E-state index contributed by atoms with van der Waals surface area (Å²) in [5.41, 5.74) is 2.55. The van der Waals surface area contributed by atoms with Crippen LogP contribution in [-0.4, -0.2) is 30.2 Å². The van der Waals surface area contributed by atoms with Crippen molar-refractivity contribution in [2.24, 2.45) is 0 Å². The van der Waals surface area contributed by atoms with Crippen LogP contribution in [0.3, 0.4) is 0 Å². The highest BCUT2D eigenvalue weighted by atomic mass is 35.5. The Balaban J connectivity index is 1.77. The van der Waals surface area contributed by atoms with Crippen LogP contribution in [0.1, 0.15) is 30.9 Å². The molecule has 0 saturated heterocycles. The molecular formula is C24H26ClN3O3S. The highest BCUT2D eigenvalue weighted by molar-refractivity contribution is 7.89. The van der Waals surface area contributed by atoms with Gasteiger partial charge in [-0.2, -0.15) is 4.31 Å². The fourth-order valence-electron chi connectivity index (χ4n) is 3.16. The molecule has 6 nitrogen and oxygen atoms in total. The summed E-state index contributed by atoms with van der Waals surface area (Å²) in [5, 5.41) is 3.34. The Kier molecular flexibility index (Phi) is 8.39. The van der Waals surface area contributed by atoms with Crippen molar-refractivity contribution in [3.63, 3.8) is 0 Å². The third kappa shape index (κ3) is 6.63. The number of sulfonamides is 1. The Morgan fingerprint density at radius 2 is 1.72 bits per heavy atom. The lowest BCUT2D eigenvalue weighted by atomic mass is 10.1. The Hall–Kier alpha value is -2.74. The maximum absolute atomic E-state index is 13.2. The molecule has 0 bridgehead atoms. The van der Waals surface area contributed by atoms with Crippen molar-refractivity contribution >= 4 is 33.2 Å². The Morgan fingerprint density at radius 1 is 1.03 bits per heavy atom. The SMILES string of the molecule is CCCCc1ccc(NC(=O)CN(Cc2ccc(Cl)cc2)S(=O)(=O)c2cccnc2)cc1. The molecule has 1 amide bonds. The van der Waals surface area contributed by atoms with E-state index in [1.807, 2.05) is 24.3 Å². The minimum absolute atomic E-state index is 0.0256. The molecule has 3 aromatic rings. The van der Waals surface area contributed by atoms with Crippen molar-refractivity contribution in [1.82, 2.24) is 9.29 Å². The van der Waals surface area contributed by atoms with E-state index >= 15 is 0 Å². The number of unbranched alkanes of at least 4 members (excludes halogenated alkanes) is 1. The van der Waals surface area contributed by atoms with Crippen LogP contribution in [0, 0.1) is 0 Å². The number of aryl methyl sites for hydroxylation is 1. The third-order valence-electron chi connectivity index (χ3n) is 4.92. The average molecular weight is 472 g/mol. The number of amides is 1. The molecular weight excluding hydrogens is 446 g/mol. The van der Waals surface area contributed by atoms with Gasteiger partial charge in [-0.05, 0) is 60.4 Å². The number of rotatable bonds is 10.